The summed E-state index contributed by atoms with van der Waals surface area (Å²) in [6, 6.07) is 0.193. The normalized spacial score (nSPS) is 12.6. The molecule has 22 heavy (non-hydrogen) atoms. The molecule has 0 aliphatic heterocycles. The fourth-order valence-corrected chi connectivity index (χ4v) is 1.46. The van der Waals surface area contributed by atoms with Crippen LogP contribution in [0.25, 0.3) is 0 Å². The third kappa shape index (κ3) is 14.3. The van der Waals surface area contributed by atoms with Gasteiger partial charge in [0, 0.05) is 19.1 Å². The molecule has 6 heteroatoms. The van der Waals surface area contributed by atoms with Gasteiger partial charge in [-0.25, -0.2) is 0 Å². The second-order valence-corrected chi connectivity index (χ2v) is 5.38. The lowest BCUT2D eigenvalue weighted by Crippen LogP contribution is -2.36. The van der Waals surface area contributed by atoms with Crippen LogP contribution in [-0.2, 0) is 23.7 Å². The van der Waals surface area contributed by atoms with Crippen LogP contribution in [0.3, 0.4) is 0 Å². The quantitative estimate of drug-likeness (QED) is 0.465. The molecule has 0 saturated carbocycles. The van der Waals surface area contributed by atoms with Crippen molar-refractivity contribution < 1.29 is 23.7 Å². The Bertz CT molecular complexity index is 261. The second kappa shape index (κ2) is 15.2. The number of rotatable bonds is 15. The van der Waals surface area contributed by atoms with Crippen molar-refractivity contribution >= 4 is 5.91 Å². The van der Waals surface area contributed by atoms with Gasteiger partial charge in [0.1, 0.15) is 0 Å². The molecule has 6 nitrogen and oxygen atoms in total. The smallest absolute Gasteiger partial charge is 0.222 e. The zero-order chi connectivity index (χ0) is 16.6. The molecule has 1 N–H and O–H groups in total. The van der Waals surface area contributed by atoms with E-state index in [-0.39, 0.29) is 11.9 Å². The van der Waals surface area contributed by atoms with E-state index >= 15 is 0 Å². The minimum atomic E-state index is 0.0322. The van der Waals surface area contributed by atoms with E-state index in [2.05, 4.69) is 19.2 Å². The summed E-state index contributed by atoms with van der Waals surface area (Å²) in [5, 5.41) is 2.94. The molecule has 1 atom stereocenters. The number of hydrogen-bond donors (Lipinski definition) is 1. The number of hydrogen-bond acceptors (Lipinski definition) is 5. The summed E-state index contributed by atoms with van der Waals surface area (Å²) in [6.07, 6.45) is 0.387. The van der Waals surface area contributed by atoms with E-state index < -0.39 is 0 Å². The number of nitrogens with one attached hydrogen (secondary N) is 1. The Morgan fingerprint density at radius 2 is 1.27 bits per heavy atom. The topological polar surface area (TPSA) is 66.0 Å². The molecule has 132 valence electrons. The average molecular weight is 319 g/mol. The van der Waals surface area contributed by atoms with Crippen LogP contribution in [0.1, 0.15) is 34.1 Å². The summed E-state index contributed by atoms with van der Waals surface area (Å²) in [5.41, 5.74) is 0. The highest BCUT2D eigenvalue weighted by Gasteiger charge is 2.10. The fraction of sp³-hybridized carbons (Fsp3) is 0.938. The van der Waals surface area contributed by atoms with E-state index in [1.165, 1.54) is 0 Å². The lowest BCUT2D eigenvalue weighted by Gasteiger charge is -2.17. The molecule has 1 amide bonds. The predicted molar refractivity (Wildman–Crippen MR) is 86.0 cm³/mol. The molecule has 0 aliphatic rings. The molecule has 0 saturated heterocycles. The fourth-order valence-electron chi connectivity index (χ4n) is 1.46. The Kier molecular flexibility index (Phi) is 14.7. The second-order valence-electron chi connectivity index (χ2n) is 5.38. The SMILES string of the molecule is CCOCCOCCOCCOCCC(=O)NC(C)C(C)C. The Morgan fingerprint density at radius 1 is 0.818 bits per heavy atom. The number of amides is 1. The maximum Gasteiger partial charge on any atom is 0.222 e. The first kappa shape index (κ1) is 21.3. The molecule has 0 aromatic rings. The molecule has 0 heterocycles. The van der Waals surface area contributed by atoms with E-state index in [0.29, 0.717) is 65.2 Å². The van der Waals surface area contributed by atoms with Crippen LogP contribution in [0.4, 0.5) is 0 Å². The van der Waals surface area contributed by atoms with Gasteiger partial charge in [-0.15, -0.1) is 0 Å². The Labute approximate surface area is 134 Å². The van der Waals surface area contributed by atoms with Gasteiger partial charge in [0.15, 0.2) is 0 Å². The molecule has 1 unspecified atom stereocenters. The highest BCUT2D eigenvalue weighted by molar-refractivity contribution is 5.76. The van der Waals surface area contributed by atoms with Crippen LogP contribution in [0.15, 0.2) is 0 Å². The van der Waals surface area contributed by atoms with Crippen molar-refractivity contribution in [3.05, 3.63) is 0 Å². The third-order valence-electron chi connectivity index (χ3n) is 3.18. The molecule has 0 fully saturated rings. The monoisotopic (exact) mass is 319 g/mol. The van der Waals surface area contributed by atoms with Gasteiger partial charge in [-0.3, -0.25) is 4.79 Å². The van der Waals surface area contributed by atoms with Crippen molar-refractivity contribution in [3.8, 4) is 0 Å². The van der Waals surface area contributed by atoms with Gasteiger partial charge in [-0.2, -0.15) is 0 Å². The highest BCUT2D eigenvalue weighted by atomic mass is 16.6. The van der Waals surface area contributed by atoms with Crippen molar-refractivity contribution in [3.63, 3.8) is 0 Å². The third-order valence-corrected chi connectivity index (χ3v) is 3.18. The summed E-state index contributed by atoms with van der Waals surface area (Å²) in [6.45, 7) is 12.6. The van der Waals surface area contributed by atoms with Crippen molar-refractivity contribution in [2.24, 2.45) is 5.92 Å². The van der Waals surface area contributed by atoms with Gasteiger partial charge < -0.3 is 24.3 Å². The van der Waals surface area contributed by atoms with Crippen molar-refractivity contribution in [1.29, 1.82) is 0 Å². The van der Waals surface area contributed by atoms with Crippen LogP contribution in [0.5, 0.6) is 0 Å². The Morgan fingerprint density at radius 3 is 1.73 bits per heavy atom. The van der Waals surface area contributed by atoms with E-state index in [1.54, 1.807) is 0 Å². The number of ether oxygens (including phenoxy) is 4. The van der Waals surface area contributed by atoms with Gasteiger partial charge in [-0.1, -0.05) is 13.8 Å². The van der Waals surface area contributed by atoms with Gasteiger partial charge in [0.25, 0.3) is 0 Å². The largest absolute Gasteiger partial charge is 0.379 e. The van der Waals surface area contributed by atoms with Crippen LogP contribution in [0, 0.1) is 5.92 Å². The average Bonchev–Trinajstić information content (AvgIpc) is 2.48. The molecule has 0 radical (unpaired) electrons. The molecule has 0 aliphatic carbocycles. The molecular formula is C16H33NO5. The molecule has 0 bridgehead atoms. The summed E-state index contributed by atoms with van der Waals surface area (Å²) in [4.78, 5) is 11.6. The van der Waals surface area contributed by atoms with Gasteiger partial charge in [0.2, 0.25) is 5.91 Å². The van der Waals surface area contributed by atoms with Gasteiger partial charge in [0.05, 0.1) is 46.2 Å². The maximum absolute atomic E-state index is 11.6. The molecule has 0 spiro atoms. The molecule has 0 rings (SSSR count). The number of carbonyl (C=O) groups excluding carboxylic acids is 1. The van der Waals surface area contributed by atoms with Crippen molar-refractivity contribution in [2.75, 3.05) is 52.9 Å². The standard InChI is InChI=1S/C16H33NO5/c1-5-19-8-9-21-12-13-22-11-10-20-7-6-16(18)17-15(4)14(2)3/h14-15H,5-13H2,1-4H3,(H,17,18). The minimum Gasteiger partial charge on any atom is -0.379 e. The van der Waals surface area contributed by atoms with Crippen molar-refractivity contribution in [2.45, 2.75) is 40.2 Å². The summed E-state index contributed by atoms with van der Waals surface area (Å²) in [5.74, 6) is 0.471. The van der Waals surface area contributed by atoms with Crippen LogP contribution in [0.2, 0.25) is 0 Å². The number of carbonyl (C=O) groups is 1. The van der Waals surface area contributed by atoms with E-state index in [0.717, 1.165) is 0 Å². The highest BCUT2D eigenvalue weighted by Crippen LogP contribution is 1.99. The van der Waals surface area contributed by atoms with Gasteiger partial charge in [-0.05, 0) is 19.8 Å². The lowest BCUT2D eigenvalue weighted by atomic mass is 10.1. The Balaban J connectivity index is 3.21. The molecule has 0 aromatic heterocycles. The van der Waals surface area contributed by atoms with Crippen molar-refractivity contribution in [1.82, 2.24) is 5.32 Å². The lowest BCUT2D eigenvalue weighted by molar-refractivity contribution is -0.123. The summed E-state index contributed by atoms with van der Waals surface area (Å²) >= 11 is 0. The maximum atomic E-state index is 11.6. The van der Waals surface area contributed by atoms with E-state index in [4.69, 9.17) is 18.9 Å². The predicted octanol–water partition coefficient (Wildman–Crippen LogP) is 1.62. The van der Waals surface area contributed by atoms with Gasteiger partial charge >= 0.3 is 0 Å². The van der Waals surface area contributed by atoms with Crippen LogP contribution >= 0.6 is 0 Å². The minimum absolute atomic E-state index is 0.0322. The first-order valence-corrected chi connectivity index (χ1v) is 8.18. The first-order chi connectivity index (χ1) is 10.6. The van der Waals surface area contributed by atoms with Crippen LogP contribution in [-0.4, -0.2) is 64.8 Å². The summed E-state index contributed by atoms with van der Waals surface area (Å²) < 4.78 is 21.2. The van der Waals surface area contributed by atoms with E-state index in [1.807, 2.05) is 13.8 Å². The molecule has 0 aromatic carbocycles. The zero-order valence-electron chi connectivity index (χ0n) is 14.6. The van der Waals surface area contributed by atoms with E-state index in [9.17, 15) is 4.79 Å². The zero-order valence-corrected chi connectivity index (χ0v) is 14.6. The first-order valence-electron chi connectivity index (χ1n) is 8.18. The van der Waals surface area contributed by atoms with Crippen LogP contribution < -0.4 is 5.32 Å². The summed E-state index contributed by atoms with van der Waals surface area (Å²) in [7, 11) is 0. The molecular weight excluding hydrogens is 286 g/mol. The Hall–Kier alpha value is -0.690.